The summed E-state index contributed by atoms with van der Waals surface area (Å²) in [6, 6.07) is 0. The molecule has 12 valence electrons. The van der Waals surface area contributed by atoms with Crippen LogP contribution in [0.3, 0.4) is 0 Å². The van der Waals surface area contributed by atoms with Crippen molar-refractivity contribution in [3.8, 4) is 0 Å². The summed E-state index contributed by atoms with van der Waals surface area (Å²) in [6.45, 7) is 0. The largest absolute Gasteiger partial charge is 0 e. The average Bonchev–Trinajstić information content (AvgIpc) is 0. The van der Waals surface area contributed by atoms with Crippen molar-refractivity contribution in [1.29, 1.82) is 0 Å². The summed E-state index contributed by atoms with van der Waals surface area (Å²) in [5.41, 5.74) is 0. The van der Waals surface area contributed by atoms with Crippen LogP contribution in [0, 0.1) is 142 Å². The third-order valence-corrected chi connectivity index (χ3v) is 0. The second kappa shape index (κ2) is 15.7. The van der Waals surface area contributed by atoms with E-state index in [9.17, 15) is 0 Å². The molecule has 0 aromatic carbocycles. The van der Waals surface area contributed by atoms with Crippen LogP contribution < -0.4 is 0 Å². The minimum atomic E-state index is 0. The molecule has 0 unspecified atom stereocenters. The summed E-state index contributed by atoms with van der Waals surface area (Å²) in [5.74, 6) is 0. The molecule has 0 nitrogen and oxygen atoms in total. The summed E-state index contributed by atoms with van der Waals surface area (Å²) < 4.78 is 0. The van der Waals surface area contributed by atoms with Crippen LogP contribution in [0.4, 0.5) is 0 Å². The maximum absolute atomic E-state index is 0. The first kappa shape index (κ1) is 23.3. The Kier molecular flexibility index (Phi) is 91.0. The molecule has 0 bridgehead atoms. The van der Waals surface area contributed by atoms with Gasteiger partial charge in [0.2, 0.25) is 0 Å². The van der Waals surface area contributed by atoms with E-state index in [1.165, 1.54) is 0 Å². The van der Waals surface area contributed by atoms with Gasteiger partial charge in [0.15, 0.2) is 0 Å². The van der Waals surface area contributed by atoms with Gasteiger partial charge in [-0.2, -0.15) is 0 Å². The van der Waals surface area contributed by atoms with Crippen LogP contribution in [0.25, 0.3) is 0 Å². The van der Waals surface area contributed by atoms with Gasteiger partial charge < -0.3 is 0 Å². The van der Waals surface area contributed by atoms with Gasteiger partial charge in [-0.05, 0) is 0 Å². The molecule has 0 amide bonds. The van der Waals surface area contributed by atoms with E-state index in [0.717, 1.165) is 0 Å². The Labute approximate surface area is 138 Å². The van der Waals surface area contributed by atoms with Crippen molar-refractivity contribution in [3.05, 3.63) is 0 Å². The van der Waals surface area contributed by atoms with Gasteiger partial charge in [-0.15, -0.1) is 0 Å². The molecule has 4 radical (unpaired) electrons. The molecule has 0 aliphatic rings. The van der Waals surface area contributed by atoms with Crippen molar-refractivity contribution >= 4 is 0 Å². The van der Waals surface area contributed by atoms with Crippen molar-refractivity contribution in [2.24, 2.45) is 0 Å². The van der Waals surface area contributed by atoms with Crippen molar-refractivity contribution in [2.45, 2.75) is 0 Å². The summed E-state index contributed by atoms with van der Waals surface area (Å²) in [7, 11) is 0. The average molecular weight is 556 g/mol. The van der Waals surface area contributed by atoms with Gasteiger partial charge >= 0.3 is 0 Å². The maximum atomic E-state index is 0. The smallest absolute Gasteiger partial charge is 0 e. The minimum absolute atomic E-state index is 0. The van der Waals surface area contributed by atoms with E-state index in [1.54, 1.807) is 0 Å². The first-order chi connectivity index (χ1) is 0. The number of rotatable bonds is 0. The fraction of sp³-hybridized carbons (Fsp3) is 0. The predicted octanol–water partition coefficient (Wildman–Crippen LogP) is 0. The van der Waals surface area contributed by atoms with Crippen molar-refractivity contribution in [2.75, 3.05) is 0 Å². The first-order valence-corrected chi connectivity index (χ1v) is 0. The Morgan fingerprint density at radius 3 is 0.250 bits per heavy atom. The second-order valence-electron chi connectivity index (χ2n) is 0. The molecule has 0 heterocycles. The van der Waals surface area contributed by atoms with Crippen molar-refractivity contribution in [3.63, 3.8) is 0 Å². The van der Waals surface area contributed by atoms with Gasteiger partial charge in [0.25, 0.3) is 0 Å². The fourth-order valence-electron chi connectivity index (χ4n) is 0. The first-order valence-electron chi connectivity index (χ1n) is 0. The molecule has 0 spiro atoms. The molecule has 0 fully saturated rings. The second-order valence-corrected chi connectivity index (χ2v) is 0. The van der Waals surface area contributed by atoms with E-state index < -0.39 is 0 Å². The Bertz CT molecular complexity index is 0. The SMILES string of the molecule is [La].[La].[La].[La]. The Morgan fingerprint density at radius 1 is 0.250 bits per heavy atom. The molecule has 0 aromatic rings. The van der Waals surface area contributed by atoms with Crippen LogP contribution >= 0.6 is 0 Å². The quantitative estimate of drug-likeness (QED) is 0.395. The molecule has 0 aliphatic carbocycles. The summed E-state index contributed by atoms with van der Waals surface area (Å²) >= 11 is 0. The standard InChI is InChI=1S/4La. The van der Waals surface area contributed by atoms with Gasteiger partial charge in [0.1, 0.15) is 0 Å². The van der Waals surface area contributed by atoms with Crippen LogP contribution in [0.15, 0.2) is 0 Å². The molecular weight excluding hydrogens is 556 g/mol. The molecule has 4 heteroatoms. The molecule has 0 N–H and O–H groups in total. The van der Waals surface area contributed by atoms with Crippen LogP contribution in [0.1, 0.15) is 0 Å². The van der Waals surface area contributed by atoms with Gasteiger partial charge in [-0.1, -0.05) is 0 Å². The zero-order chi connectivity index (χ0) is 0. The van der Waals surface area contributed by atoms with E-state index in [-0.39, 0.29) is 142 Å². The molecule has 0 aromatic heterocycles. The summed E-state index contributed by atoms with van der Waals surface area (Å²) in [4.78, 5) is 0. The third-order valence-electron chi connectivity index (χ3n) is 0. The molecule has 0 saturated carbocycles. The molecule has 0 atom stereocenters. The number of hydrogen-bond donors (Lipinski definition) is 0. The van der Waals surface area contributed by atoms with Crippen molar-refractivity contribution in [1.82, 2.24) is 0 Å². The maximum Gasteiger partial charge on any atom is 0 e. The van der Waals surface area contributed by atoms with E-state index >= 15 is 0 Å². The molecule has 0 aliphatic heterocycles. The van der Waals surface area contributed by atoms with E-state index in [2.05, 4.69) is 0 Å². The monoisotopic (exact) mass is 556 g/mol. The van der Waals surface area contributed by atoms with Crippen molar-refractivity contribution < 1.29 is 142 Å². The topological polar surface area (TPSA) is 0 Å². The molecule has 0 saturated heterocycles. The van der Waals surface area contributed by atoms with Crippen LogP contribution in [0.5, 0.6) is 0 Å². The minimum Gasteiger partial charge on any atom is 0 e. The molecular formula is La4. The Morgan fingerprint density at radius 2 is 0.250 bits per heavy atom. The van der Waals surface area contributed by atoms with Crippen LogP contribution in [-0.2, 0) is 0 Å². The van der Waals surface area contributed by atoms with Gasteiger partial charge in [0, 0.05) is 142 Å². The van der Waals surface area contributed by atoms with Gasteiger partial charge in [-0.25, -0.2) is 0 Å². The predicted molar refractivity (Wildman–Crippen MR) is 0 cm³/mol. The molecule has 0 rings (SSSR count). The van der Waals surface area contributed by atoms with E-state index in [1.807, 2.05) is 0 Å². The summed E-state index contributed by atoms with van der Waals surface area (Å²) in [5, 5.41) is 0. The molecule has 4 heavy (non-hydrogen) atoms. The van der Waals surface area contributed by atoms with Crippen LogP contribution in [-0.4, -0.2) is 0 Å². The van der Waals surface area contributed by atoms with Crippen LogP contribution in [0.2, 0.25) is 0 Å². The third kappa shape index (κ3) is 9.91. The van der Waals surface area contributed by atoms with E-state index in [4.69, 9.17) is 0 Å². The Hall–Kier alpha value is 4.78. The zero-order valence-electron chi connectivity index (χ0n) is 2.31. The van der Waals surface area contributed by atoms with Gasteiger partial charge in [-0.3, -0.25) is 0 Å². The normalized spacial score (nSPS) is 0. The zero-order valence-corrected chi connectivity index (χ0v) is 16.8. The van der Waals surface area contributed by atoms with Gasteiger partial charge in [0.05, 0.1) is 0 Å². The Balaban J connectivity index is 0. The van der Waals surface area contributed by atoms with E-state index in [0.29, 0.717) is 0 Å². The number of hydrogen-bond acceptors (Lipinski definition) is 0. The fourth-order valence-corrected chi connectivity index (χ4v) is 0. The summed E-state index contributed by atoms with van der Waals surface area (Å²) in [6.07, 6.45) is 0.